The number of hydrogen-bond donors (Lipinski definition) is 3. The maximum atomic E-state index is 12.0. The summed E-state index contributed by atoms with van der Waals surface area (Å²) >= 11 is 0. The molecule has 1 fully saturated rings. The molecule has 1 saturated carbocycles. The van der Waals surface area contributed by atoms with Crippen molar-refractivity contribution in [3.05, 3.63) is 29.6 Å². The second-order valence-corrected chi connectivity index (χ2v) is 7.19. The summed E-state index contributed by atoms with van der Waals surface area (Å²) < 4.78 is 6.54. The lowest BCUT2D eigenvalue weighted by Crippen LogP contribution is -2.38. The molecule has 0 saturated heterocycles. The number of fused-ring (bicyclic) bond motifs is 1. The fraction of sp³-hybridized carbons (Fsp3) is 0.500. The summed E-state index contributed by atoms with van der Waals surface area (Å²) in [7, 11) is 0. The maximum Gasteiger partial charge on any atom is 0.339 e. The van der Waals surface area contributed by atoms with E-state index in [-0.39, 0.29) is 23.6 Å². The van der Waals surface area contributed by atoms with E-state index >= 15 is 0 Å². The normalized spacial score (nSPS) is 21.7. The highest BCUT2D eigenvalue weighted by atomic mass is 16.5. The predicted molar refractivity (Wildman–Crippen MR) is 96.1 cm³/mol. The van der Waals surface area contributed by atoms with Gasteiger partial charge >= 0.3 is 5.97 Å². The number of ether oxygens (including phenoxy) is 1. The van der Waals surface area contributed by atoms with E-state index < -0.39 is 18.0 Å². The maximum absolute atomic E-state index is 12.0. The minimum atomic E-state index is -0.613. The Hall–Kier alpha value is -2.61. The van der Waals surface area contributed by atoms with Gasteiger partial charge in [-0.05, 0) is 25.8 Å². The summed E-state index contributed by atoms with van der Waals surface area (Å²) in [4.78, 5) is 23.9. The van der Waals surface area contributed by atoms with E-state index in [2.05, 4.69) is 10.4 Å². The molecule has 26 heavy (non-hydrogen) atoms. The quantitative estimate of drug-likeness (QED) is 0.697. The third-order valence-corrected chi connectivity index (χ3v) is 5.22. The molecule has 140 valence electrons. The Labute approximate surface area is 151 Å². The van der Waals surface area contributed by atoms with Crippen molar-refractivity contribution < 1.29 is 19.4 Å². The molecule has 2 heterocycles. The second kappa shape index (κ2) is 6.60. The Morgan fingerprint density at radius 3 is 2.77 bits per heavy atom. The SMILES string of the molecule is CCOC(=O)c1cc2c(N[C@@H]3CC[C@H](O)C3(C)C)c(C(N)=O)cnn2c1. The monoisotopic (exact) mass is 360 g/mol. The zero-order chi connectivity index (χ0) is 19.1. The average molecular weight is 360 g/mol. The van der Waals surface area contributed by atoms with Gasteiger partial charge in [0.1, 0.15) is 0 Å². The topological polar surface area (TPSA) is 119 Å². The van der Waals surface area contributed by atoms with Gasteiger partial charge in [-0.25, -0.2) is 9.31 Å². The Bertz CT molecular complexity index is 858. The summed E-state index contributed by atoms with van der Waals surface area (Å²) in [5.41, 5.74) is 6.80. The molecule has 0 radical (unpaired) electrons. The van der Waals surface area contributed by atoms with Crippen LogP contribution in [0.1, 0.15) is 54.3 Å². The van der Waals surface area contributed by atoms with Crippen molar-refractivity contribution in [3.8, 4) is 0 Å². The summed E-state index contributed by atoms with van der Waals surface area (Å²) in [6.45, 7) is 5.96. The van der Waals surface area contributed by atoms with Gasteiger partial charge < -0.3 is 20.9 Å². The number of hydrogen-bond acceptors (Lipinski definition) is 6. The van der Waals surface area contributed by atoms with Crippen molar-refractivity contribution >= 4 is 23.1 Å². The molecule has 4 N–H and O–H groups in total. The molecule has 2 atom stereocenters. The number of amides is 1. The fourth-order valence-corrected chi connectivity index (χ4v) is 3.45. The molecule has 2 aromatic heterocycles. The molecule has 8 nitrogen and oxygen atoms in total. The number of carbonyl (C=O) groups is 2. The number of nitrogens with zero attached hydrogens (tertiary/aromatic N) is 2. The zero-order valence-corrected chi connectivity index (χ0v) is 15.2. The molecule has 0 aliphatic heterocycles. The lowest BCUT2D eigenvalue weighted by Gasteiger charge is -2.32. The van der Waals surface area contributed by atoms with Crippen molar-refractivity contribution in [2.24, 2.45) is 11.1 Å². The van der Waals surface area contributed by atoms with Gasteiger partial charge in [0.2, 0.25) is 0 Å². The summed E-state index contributed by atoms with van der Waals surface area (Å²) in [5.74, 6) is -1.07. The molecule has 2 aromatic rings. The first-order chi connectivity index (χ1) is 12.3. The van der Waals surface area contributed by atoms with Crippen LogP contribution in [-0.4, -0.2) is 45.3 Å². The van der Waals surface area contributed by atoms with Crippen LogP contribution >= 0.6 is 0 Å². The average Bonchev–Trinajstić information content (AvgIpc) is 3.11. The largest absolute Gasteiger partial charge is 0.462 e. The number of rotatable bonds is 5. The molecule has 1 aliphatic carbocycles. The van der Waals surface area contributed by atoms with Crippen molar-refractivity contribution in [1.29, 1.82) is 0 Å². The number of primary amides is 1. The standard InChI is InChI=1S/C18H24N4O4/c1-4-26-17(25)10-7-12-15(11(16(19)24)8-20-22(12)9-10)21-13-5-6-14(23)18(13,2)3/h7-9,13-14,21,23H,4-6H2,1-3H3,(H2,19,24)/t13-,14+/m1/s1. The highest BCUT2D eigenvalue weighted by Crippen LogP contribution is 2.40. The molecule has 1 amide bonds. The lowest BCUT2D eigenvalue weighted by atomic mass is 9.85. The molecule has 1 aliphatic rings. The van der Waals surface area contributed by atoms with Gasteiger partial charge in [0.05, 0.1) is 41.2 Å². The number of nitrogens with one attached hydrogen (secondary N) is 1. The molecule has 3 rings (SSSR count). The Balaban J connectivity index is 2.07. The highest BCUT2D eigenvalue weighted by molar-refractivity contribution is 6.03. The van der Waals surface area contributed by atoms with Gasteiger partial charge in [-0.2, -0.15) is 5.10 Å². The van der Waals surface area contributed by atoms with Crippen LogP contribution in [0.5, 0.6) is 0 Å². The number of aromatic nitrogens is 2. The summed E-state index contributed by atoms with van der Waals surface area (Å²) in [5, 5.41) is 17.8. The van der Waals surface area contributed by atoms with Gasteiger partial charge in [-0.15, -0.1) is 0 Å². The van der Waals surface area contributed by atoms with Gasteiger partial charge in [0.25, 0.3) is 5.91 Å². The van der Waals surface area contributed by atoms with Crippen molar-refractivity contribution in [1.82, 2.24) is 9.61 Å². The van der Waals surface area contributed by atoms with E-state index in [0.29, 0.717) is 23.2 Å². The molecule has 0 aromatic carbocycles. The van der Waals surface area contributed by atoms with E-state index in [1.165, 1.54) is 10.7 Å². The Morgan fingerprint density at radius 1 is 1.46 bits per heavy atom. The van der Waals surface area contributed by atoms with Gasteiger partial charge in [-0.3, -0.25) is 4.79 Å². The Morgan fingerprint density at radius 2 is 2.19 bits per heavy atom. The number of esters is 1. The van der Waals surface area contributed by atoms with Crippen molar-refractivity contribution in [2.45, 2.75) is 45.8 Å². The van der Waals surface area contributed by atoms with Crippen LogP contribution in [0.15, 0.2) is 18.5 Å². The van der Waals surface area contributed by atoms with E-state index in [4.69, 9.17) is 10.5 Å². The number of nitrogens with two attached hydrogens (primary N) is 1. The summed E-state index contributed by atoms with van der Waals surface area (Å²) in [6.07, 6.45) is 3.93. The van der Waals surface area contributed by atoms with E-state index in [1.807, 2.05) is 13.8 Å². The van der Waals surface area contributed by atoms with Crippen molar-refractivity contribution in [3.63, 3.8) is 0 Å². The molecular formula is C18H24N4O4. The van der Waals surface area contributed by atoms with E-state index in [1.54, 1.807) is 19.2 Å². The third kappa shape index (κ3) is 3.01. The van der Waals surface area contributed by atoms with Crippen LogP contribution in [-0.2, 0) is 4.74 Å². The fourth-order valence-electron chi connectivity index (χ4n) is 3.45. The number of anilines is 1. The first-order valence-corrected chi connectivity index (χ1v) is 8.68. The number of aliphatic hydroxyl groups is 1. The van der Waals surface area contributed by atoms with Gasteiger partial charge in [0.15, 0.2) is 0 Å². The summed E-state index contributed by atoms with van der Waals surface area (Å²) in [6, 6.07) is 1.57. The number of carbonyl (C=O) groups excluding carboxylic acids is 2. The molecule has 8 heteroatoms. The zero-order valence-electron chi connectivity index (χ0n) is 15.2. The number of aliphatic hydroxyl groups excluding tert-OH is 1. The first-order valence-electron chi connectivity index (χ1n) is 8.68. The Kier molecular flexibility index (Phi) is 4.62. The van der Waals surface area contributed by atoms with Gasteiger partial charge in [0, 0.05) is 17.7 Å². The lowest BCUT2D eigenvalue weighted by molar-refractivity contribution is 0.0526. The van der Waals surface area contributed by atoms with E-state index in [9.17, 15) is 14.7 Å². The highest BCUT2D eigenvalue weighted by Gasteiger charge is 2.42. The molecular weight excluding hydrogens is 336 g/mol. The van der Waals surface area contributed by atoms with Crippen LogP contribution < -0.4 is 11.1 Å². The first kappa shape index (κ1) is 18.2. The minimum absolute atomic E-state index is 0.0530. The van der Waals surface area contributed by atoms with Crippen LogP contribution in [0.2, 0.25) is 0 Å². The molecule has 0 unspecified atom stereocenters. The third-order valence-electron chi connectivity index (χ3n) is 5.22. The predicted octanol–water partition coefficient (Wildman–Crippen LogP) is 1.57. The second-order valence-electron chi connectivity index (χ2n) is 7.19. The van der Waals surface area contributed by atoms with E-state index in [0.717, 1.165) is 6.42 Å². The van der Waals surface area contributed by atoms with Crippen LogP contribution in [0, 0.1) is 5.41 Å². The van der Waals surface area contributed by atoms with Crippen molar-refractivity contribution in [2.75, 3.05) is 11.9 Å². The van der Waals surface area contributed by atoms with Crippen LogP contribution in [0.3, 0.4) is 0 Å². The van der Waals surface area contributed by atoms with Crippen LogP contribution in [0.25, 0.3) is 5.52 Å². The molecule has 0 spiro atoms. The minimum Gasteiger partial charge on any atom is -0.462 e. The van der Waals surface area contributed by atoms with Crippen LogP contribution in [0.4, 0.5) is 5.69 Å². The smallest absolute Gasteiger partial charge is 0.339 e. The van der Waals surface area contributed by atoms with Gasteiger partial charge in [-0.1, -0.05) is 13.8 Å². The molecule has 0 bridgehead atoms.